The summed E-state index contributed by atoms with van der Waals surface area (Å²) in [6.45, 7) is 0.416. The smallest absolute Gasteiger partial charge is 0.320 e. The lowest BCUT2D eigenvalue weighted by Gasteiger charge is -2.05. The van der Waals surface area contributed by atoms with Gasteiger partial charge in [-0.05, 0) is 6.42 Å². The molecule has 0 amide bonds. The number of nitrogens with two attached hydrogens (primary N) is 1. The lowest BCUT2D eigenvalue weighted by Crippen LogP contribution is -2.32. The van der Waals surface area contributed by atoms with Gasteiger partial charge < -0.3 is 16.2 Å². The molecule has 1 unspecified atom stereocenters. The molecule has 7 heteroatoms. The predicted molar refractivity (Wildman–Crippen MR) is 56.2 cm³/mol. The highest BCUT2D eigenvalue weighted by Crippen LogP contribution is 2.15. The van der Waals surface area contributed by atoms with E-state index in [1.54, 1.807) is 0 Å². The van der Waals surface area contributed by atoms with E-state index in [4.69, 9.17) is 10.8 Å². The van der Waals surface area contributed by atoms with E-state index in [2.05, 4.69) is 10.3 Å². The second kappa shape index (κ2) is 5.42. The Hall–Kier alpha value is -1.47. The maximum atomic E-state index is 10.4. The number of carbonyl (C=O) groups is 2. The summed E-state index contributed by atoms with van der Waals surface area (Å²) in [5.41, 5.74) is 5.30. The first-order valence-corrected chi connectivity index (χ1v) is 5.08. The summed E-state index contributed by atoms with van der Waals surface area (Å²) in [4.78, 5) is 25.2. The summed E-state index contributed by atoms with van der Waals surface area (Å²) < 4.78 is 0. The molecule has 0 aromatic carbocycles. The van der Waals surface area contributed by atoms with Gasteiger partial charge in [-0.3, -0.25) is 9.59 Å². The monoisotopic (exact) mass is 229 g/mol. The van der Waals surface area contributed by atoms with Crippen molar-refractivity contribution in [3.63, 3.8) is 0 Å². The third kappa shape index (κ3) is 3.64. The lowest BCUT2D eigenvalue weighted by molar-refractivity contribution is -0.138. The van der Waals surface area contributed by atoms with Crippen LogP contribution in [0.5, 0.6) is 0 Å². The highest BCUT2D eigenvalue weighted by molar-refractivity contribution is 7.17. The van der Waals surface area contributed by atoms with Crippen LogP contribution in [0, 0.1) is 0 Å². The number of aliphatic carboxylic acids is 1. The van der Waals surface area contributed by atoms with Crippen molar-refractivity contribution < 1.29 is 14.7 Å². The van der Waals surface area contributed by atoms with Gasteiger partial charge in [-0.1, -0.05) is 11.3 Å². The first kappa shape index (κ1) is 11.6. The highest BCUT2D eigenvalue weighted by Gasteiger charge is 2.10. The van der Waals surface area contributed by atoms with Crippen molar-refractivity contribution in [3.8, 4) is 0 Å². The van der Waals surface area contributed by atoms with E-state index >= 15 is 0 Å². The molecule has 1 aromatic heterocycles. The van der Waals surface area contributed by atoms with Crippen molar-refractivity contribution in [1.29, 1.82) is 0 Å². The first-order chi connectivity index (χ1) is 7.13. The number of anilines is 1. The molecule has 1 aromatic rings. The number of carboxylic acids is 1. The molecule has 0 spiro atoms. The van der Waals surface area contributed by atoms with Crippen molar-refractivity contribution in [1.82, 2.24) is 4.98 Å². The quantitative estimate of drug-likeness (QED) is 0.600. The van der Waals surface area contributed by atoms with Gasteiger partial charge in [-0.2, -0.15) is 0 Å². The number of rotatable bonds is 6. The molecule has 4 N–H and O–H groups in total. The minimum Gasteiger partial charge on any atom is -0.480 e. The molecule has 1 rings (SSSR count). The maximum Gasteiger partial charge on any atom is 0.320 e. The number of carbonyl (C=O) groups excluding carboxylic acids is 1. The summed E-state index contributed by atoms with van der Waals surface area (Å²) in [6.07, 6.45) is 2.48. The third-order valence-electron chi connectivity index (χ3n) is 1.69. The van der Waals surface area contributed by atoms with Crippen LogP contribution in [0.3, 0.4) is 0 Å². The normalized spacial score (nSPS) is 12.1. The summed E-state index contributed by atoms with van der Waals surface area (Å²) in [5.74, 6) is -1.02. The van der Waals surface area contributed by atoms with Crippen molar-refractivity contribution in [2.75, 3.05) is 11.9 Å². The van der Waals surface area contributed by atoms with Gasteiger partial charge in [0.15, 0.2) is 11.4 Å². The van der Waals surface area contributed by atoms with E-state index in [1.165, 1.54) is 17.5 Å². The van der Waals surface area contributed by atoms with E-state index in [1.807, 2.05) is 0 Å². The van der Waals surface area contributed by atoms with Crippen LogP contribution in [0.1, 0.15) is 16.1 Å². The Bertz CT molecular complexity index is 353. The largest absolute Gasteiger partial charge is 0.480 e. The molecule has 0 saturated carbocycles. The lowest BCUT2D eigenvalue weighted by atomic mass is 10.2. The van der Waals surface area contributed by atoms with Gasteiger partial charge in [0, 0.05) is 6.54 Å². The fraction of sp³-hybridized carbons (Fsp3) is 0.375. The zero-order chi connectivity index (χ0) is 11.3. The Labute approximate surface area is 90.1 Å². The number of carboxylic acid groups (broad SMARTS) is 1. The Balaban J connectivity index is 2.31. The van der Waals surface area contributed by atoms with Gasteiger partial charge in [0.2, 0.25) is 0 Å². The number of hydrogen-bond acceptors (Lipinski definition) is 6. The average Bonchev–Trinajstić information content (AvgIpc) is 2.65. The molecule has 1 atom stereocenters. The van der Waals surface area contributed by atoms with Crippen LogP contribution in [-0.4, -0.2) is 34.9 Å². The first-order valence-electron chi connectivity index (χ1n) is 4.26. The van der Waals surface area contributed by atoms with Crippen LogP contribution < -0.4 is 11.1 Å². The molecule has 0 fully saturated rings. The topological polar surface area (TPSA) is 105 Å². The summed E-state index contributed by atoms with van der Waals surface area (Å²) in [6, 6.07) is -0.872. The molecule has 0 radical (unpaired) electrons. The number of nitrogens with zero attached hydrogens (tertiary/aromatic N) is 1. The Morgan fingerprint density at radius 2 is 2.53 bits per heavy atom. The van der Waals surface area contributed by atoms with Crippen molar-refractivity contribution in [3.05, 3.63) is 11.1 Å². The van der Waals surface area contributed by atoms with Gasteiger partial charge >= 0.3 is 5.97 Å². The maximum absolute atomic E-state index is 10.4. The molecule has 0 saturated heterocycles. The minimum atomic E-state index is -1.02. The van der Waals surface area contributed by atoms with Crippen LogP contribution in [0.25, 0.3) is 0 Å². The zero-order valence-corrected chi connectivity index (χ0v) is 8.66. The molecule has 82 valence electrons. The molecular weight excluding hydrogens is 218 g/mol. The number of hydrogen-bond donors (Lipinski definition) is 3. The van der Waals surface area contributed by atoms with Gasteiger partial charge in [0.05, 0.1) is 11.1 Å². The molecule has 0 aliphatic carbocycles. The summed E-state index contributed by atoms with van der Waals surface area (Å²) >= 11 is 1.21. The summed E-state index contributed by atoms with van der Waals surface area (Å²) in [5, 5.41) is 12.0. The SMILES string of the molecule is NC(CCNc1ncc(C=O)s1)C(=O)O. The van der Waals surface area contributed by atoms with Gasteiger partial charge in [-0.15, -0.1) is 0 Å². The summed E-state index contributed by atoms with van der Waals surface area (Å²) in [7, 11) is 0. The molecule has 15 heavy (non-hydrogen) atoms. The second-order valence-electron chi connectivity index (χ2n) is 2.85. The van der Waals surface area contributed by atoms with Gasteiger partial charge in [0.1, 0.15) is 6.04 Å². The van der Waals surface area contributed by atoms with Crippen LogP contribution in [0.15, 0.2) is 6.20 Å². The predicted octanol–water partition coefficient (Wildman–Crippen LogP) is 0.169. The second-order valence-corrected chi connectivity index (χ2v) is 3.91. The zero-order valence-electron chi connectivity index (χ0n) is 7.84. The van der Waals surface area contributed by atoms with Crippen molar-refractivity contribution in [2.24, 2.45) is 5.73 Å². The third-order valence-corrected chi connectivity index (χ3v) is 2.57. The highest BCUT2D eigenvalue weighted by atomic mass is 32.1. The Morgan fingerprint density at radius 3 is 3.07 bits per heavy atom. The van der Waals surface area contributed by atoms with Gasteiger partial charge in [-0.25, -0.2) is 4.98 Å². The van der Waals surface area contributed by atoms with E-state index in [0.717, 1.165) is 0 Å². The van der Waals surface area contributed by atoms with Crippen LogP contribution >= 0.6 is 11.3 Å². The standard InChI is InChI=1S/C8H11N3O3S/c9-6(7(13)14)1-2-10-8-11-3-5(4-12)15-8/h3-4,6H,1-2,9H2,(H,10,11)(H,13,14). The fourth-order valence-corrected chi connectivity index (χ4v) is 1.54. The van der Waals surface area contributed by atoms with Gasteiger partial charge in [0.25, 0.3) is 0 Å². The van der Waals surface area contributed by atoms with Crippen LogP contribution in [-0.2, 0) is 4.79 Å². The molecule has 6 nitrogen and oxygen atoms in total. The number of aromatic nitrogens is 1. The van der Waals surface area contributed by atoms with Crippen molar-refractivity contribution >= 4 is 28.7 Å². The van der Waals surface area contributed by atoms with Crippen LogP contribution in [0.2, 0.25) is 0 Å². The molecular formula is C8H11N3O3S. The fourth-order valence-electron chi connectivity index (χ4n) is 0.881. The Kier molecular flexibility index (Phi) is 4.19. The number of thiazole rings is 1. The number of aldehydes is 1. The van der Waals surface area contributed by atoms with Crippen LogP contribution in [0.4, 0.5) is 5.13 Å². The van der Waals surface area contributed by atoms with E-state index in [9.17, 15) is 9.59 Å². The van der Waals surface area contributed by atoms with Crippen molar-refractivity contribution in [2.45, 2.75) is 12.5 Å². The molecule has 0 aliphatic rings. The molecule has 1 heterocycles. The van der Waals surface area contributed by atoms with E-state index in [-0.39, 0.29) is 0 Å². The molecule has 0 bridgehead atoms. The molecule has 0 aliphatic heterocycles. The Morgan fingerprint density at radius 1 is 1.80 bits per heavy atom. The minimum absolute atomic E-state index is 0.311. The average molecular weight is 229 g/mol. The van der Waals surface area contributed by atoms with E-state index in [0.29, 0.717) is 29.3 Å². The number of nitrogens with one attached hydrogen (secondary N) is 1. The van der Waals surface area contributed by atoms with E-state index < -0.39 is 12.0 Å².